The molecule has 7 heteroatoms. The molecule has 3 rings (SSSR count). The average Bonchev–Trinajstić information content (AvgIpc) is 2.74. The summed E-state index contributed by atoms with van der Waals surface area (Å²) < 4.78 is 7.06. The number of alkyl carbamates (subject to hydrolysis) is 1. The fourth-order valence-corrected chi connectivity index (χ4v) is 3.85. The van der Waals surface area contributed by atoms with E-state index in [0.29, 0.717) is 18.5 Å². The fraction of sp³-hybridized carbons (Fsp3) is 0.385. The summed E-state index contributed by atoms with van der Waals surface area (Å²) in [7, 11) is 3.91. The molecule has 1 heterocycles. The van der Waals surface area contributed by atoms with Crippen LogP contribution < -0.4 is 10.9 Å². The van der Waals surface area contributed by atoms with Gasteiger partial charge < -0.3 is 24.6 Å². The van der Waals surface area contributed by atoms with E-state index in [2.05, 4.69) is 5.32 Å². The molecule has 2 N–H and O–H groups in total. The number of hydrogen-bond donors (Lipinski definition) is 2. The summed E-state index contributed by atoms with van der Waals surface area (Å²) >= 11 is 0. The zero-order valence-corrected chi connectivity index (χ0v) is 20.0. The molecule has 0 radical (unpaired) electrons. The number of carbonyl (C=O) groups excluding carboxylic acids is 1. The molecule has 1 aromatic heterocycles. The summed E-state index contributed by atoms with van der Waals surface area (Å²) in [6, 6.07) is 15.4. The van der Waals surface area contributed by atoms with Crippen molar-refractivity contribution in [1.82, 2.24) is 14.8 Å². The lowest BCUT2D eigenvalue weighted by molar-refractivity contribution is 0.0525. The highest BCUT2D eigenvalue weighted by Gasteiger charge is 2.20. The molecule has 7 nitrogen and oxygen atoms in total. The zero-order chi connectivity index (χ0) is 24.2. The van der Waals surface area contributed by atoms with Gasteiger partial charge in [0, 0.05) is 36.3 Å². The highest BCUT2D eigenvalue weighted by Crippen LogP contribution is 2.32. The molecule has 3 aromatic rings. The molecule has 0 atom stereocenters. The maximum atomic E-state index is 13.6. The van der Waals surface area contributed by atoms with E-state index in [9.17, 15) is 14.7 Å². The van der Waals surface area contributed by atoms with Gasteiger partial charge in [-0.1, -0.05) is 36.4 Å². The molecule has 2 aromatic carbocycles. The Morgan fingerprint density at radius 2 is 1.79 bits per heavy atom. The summed E-state index contributed by atoms with van der Waals surface area (Å²) in [6.45, 7) is 6.41. The number of aliphatic hydroxyl groups is 1. The van der Waals surface area contributed by atoms with Crippen molar-refractivity contribution in [2.75, 3.05) is 20.6 Å². The number of aliphatic hydroxyl groups excluding tert-OH is 1. The average molecular weight is 452 g/mol. The fourth-order valence-electron chi connectivity index (χ4n) is 3.85. The number of pyridine rings is 1. The first-order valence-electron chi connectivity index (χ1n) is 11.1. The van der Waals surface area contributed by atoms with E-state index in [-0.39, 0.29) is 18.7 Å². The van der Waals surface area contributed by atoms with Crippen molar-refractivity contribution in [3.63, 3.8) is 0 Å². The number of benzene rings is 2. The van der Waals surface area contributed by atoms with Crippen LogP contribution in [-0.2, 0) is 24.4 Å². The van der Waals surface area contributed by atoms with Crippen LogP contribution in [0.1, 0.15) is 32.0 Å². The van der Waals surface area contributed by atoms with Crippen molar-refractivity contribution in [3.8, 4) is 11.1 Å². The van der Waals surface area contributed by atoms with Crippen molar-refractivity contribution in [2.45, 2.75) is 46.1 Å². The van der Waals surface area contributed by atoms with Crippen molar-refractivity contribution in [2.24, 2.45) is 0 Å². The Morgan fingerprint density at radius 3 is 2.39 bits per heavy atom. The maximum Gasteiger partial charge on any atom is 0.407 e. The van der Waals surface area contributed by atoms with E-state index in [1.165, 1.54) is 0 Å². The third kappa shape index (κ3) is 6.00. The Hall–Kier alpha value is -3.16. The van der Waals surface area contributed by atoms with Crippen LogP contribution in [0, 0.1) is 0 Å². The molecule has 0 spiro atoms. The number of nitrogens with zero attached hydrogens (tertiary/aromatic N) is 2. The second kappa shape index (κ2) is 10.2. The number of rotatable bonds is 7. The molecule has 0 aliphatic rings. The highest BCUT2D eigenvalue weighted by atomic mass is 16.6. The van der Waals surface area contributed by atoms with Crippen molar-refractivity contribution in [1.29, 1.82) is 0 Å². The number of fused-ring (bicyclic) bond motifs is 1. The Labute approximate surface area is 194 Å². The van der Waals surface area contributed by atoms with Gasteiger partial charge in [-0.3, -0.25) is 4.79 Å². The predicted molar refractivity (Wildman–Crippen MR) is 131 cm³/mol. The number of carbonyl (C=O) groups is 1. The lowest BCUT2D eigenvalue weighted by Gasteiger charge is -2.23. The summed E-state index contributed by atoms with van der Waals surface area (Å²) in [5, 5.41) is 13.8. The summed E-state index contributed by atoms with van der Waals surface area (Å²) in [4.78, 5) is 27.7. The molecule has 0 saturated heterocycles. The van der Waals surface area contributed by atoms with E-state index in [0.717, 1.165) is 27.8 Å². The van der Waals surface area contributed by atoms with Crippen LogP contribution in [0.5, 0.6) is 0 Å². The quantitative estimate of drug-likeness (QED) is 0.572. The molecule has 1 amide bonds. The molecule has 33 heavy (non-hydrogen) atoms. The number of amides is 1. The number of hydrogen-bond acceptors (Lipinski definition) is 5. The third-order valence-corrected chi connectivity index (χ3v) is 5.16. The first kappa shape index (κ1) is 24.5. The first-order valence-corrected chi connectivity index (χ1v) is 11.1. The predicted octanol–water partition coefficient (Wildman–Crippen LogP) is 3.75. The SMILES string of the molecule is CN(C)Cc1c(-c2ccccc2)c2cc(CO)ccc2c(=O)n1CCNC(=O)OC(C)(C)C. The zero-order valence-electron chi connectivity index (χ0n) is 20.0. The van der Waals surface area contributed by atoms with Gasteiger partial charge in [-0.05, 0) is 63.5 Å². The largest absolute Gasteiger partial charge is 0.444 e. The van der Waals surface area contributed by atoms with Crippen molar-refractivity contribution >= 4 is 16.9 Å². The van der Waals surface area contributed by atoms with Crippen LogP contribution in [0.2, 0.25) is 0 Å². The normalized spacial score (nSPS) is 11.7. The summed E-state index contributed by atoms with van der Waals surface area (Å²) in [5.41, 5.74) is 2.82. The van der Waals surface area contributed by atoms with Gasteiger partial charge in [0.05, 0.1) is 6.61 Å². The lowest BCUT2D eigenvalue weighted by atomic mass is 9.95. The molecule has 0 aliphatic heterocycles. The lowest BCUT2D eigenvalue weighted by Crippen LogP contribution is -2.36. The minimum absolute atomic E-state index is 0.101. The number of aromatic nitrogens is 1. The van der Waals surface area contributed by atoms with Gasteiger partial charge >= 0.3 is 6.09 Å². The molecule has 0 aliphatic carbocycles. The monoisotopic (exact) mass is 451 g/mol. The van der Waals surface area contributed by atoms with Crippen LogP contribution in [0.25, 0.3) is 21.9 Å². The number of ether oxygens (including phenoxy) is 1. The molecule has 0 unspecified atom stereocenters. The van der Waals surface area contributed by atoms with Gasteiger partial charge in [0.1, 0.15) is 5.60 Å². The Kier molecular flexibility index (Phi) is 7.56. The highest BCUT2D eigenvalue weighted by molar-refractivity contribution is 5.97. The van der Waals surface area contributed by atoms with Gasteiger partial charge in [0.25, 0.3) is 5.56 Å². The van der Waals surface area contributed by atoms with E-state index < -0.39 is 11.7 Å². The minimum Gasteiger partial charge on any atom is -0.444 e. The van der Waals surface area contributed by atoms with E-state index in [1.807, 2.05) is 76.2 Å². The topological polar surface area (TPSA) is 83.8 Å². The molecule has 176 valence electrons. The van der Waals surface area contributed by atoms with E-state index in [4.69, 9.17) is 4.74 Å². The van der Waals surface area contributed by atoms with Gasteiger partial charge in [-0.15, -0.1) is 0 Å². The van der Waals surface area contributed by atoms with Crippen LogP contribution in [0.3, 0.4) is 0 Å². The van der Waals surface area contributed by atoms with Gasteiger partial charge in [-0.25, -0.2) is 4.79 Å². The summed E-state index contributed by atoms with van der Waals surface area (Å²) in [6.07, 6.45) is -0.513. The van der Waals surface area contributed by atoms with Crippen molar-refractivity contribution in [3.05, 3.63) is 70.1 Å². The van der Waals surface area contributed by atoms with Gasteiger partial charge in [-0.2, -0.15) is 0 Å². The Balaban J connectivity index is 2.15. The minimum atomic E-state index is -0.592. The molecular formula is C26H33N3O4. The third-order valence-electron chi connectivity index (χ3n) is 5.16. The van der Waals surface area contributed by atoms with Crippen LogP contribution in [0.4, 0.5) is 4.79 Å². The van der Waals surface area contributed by atoms with Crippen molar-refractivity contribution < 1.29 is 14.6 Å². The Bertz CT molecular complexity index is 1180. The first-order chi connectivity index (χ1) is 15.6. The molecular weight excluding hydrogens is 418 g/mol. The maximum absolute atomic E-state index is 13.6. The Morgan fingerprint density at radius 1 is 1.09 bits per heavy atom. The molecule has 0 fully saturated rings. The van der Waals surface area contributed by atoms with E-state index >= 15 is 0 Å². The molecule has 0 bridgehead atoms. The number of nitrogens with one attached hydrogen (secondary N) is 1. The van der Waals surface area contributed by atoms with Crippen LogP contribution in [0.15, 0.2) is 53.3 Å². The second-order valence-electron chi connectivity index (χ2n) is 9.35. The van der Waals surface area contributed by atoms with E-state index in [1.54, 1.807) is 16.7 Å². The second-order valence-corrected chi connectivity index (χ2v) is 9.35. The molecule has 0 saturated carbocycles. The van der Waals surface area contributed by atoms with Crippen LogP contribution in [-0.4, -0.2) is 46.9 Å². The van der Waals surface area contributed by atoms with Crippen LogP contribution >= 0.6 is 0 Å². The summed E-state index contributed by atoms with van der Waals surface area (Å²) in [5.74, 6) is 0. The smallest absolute Gasteiger partial charge is 0.407 e. The standard InChI is InChI=1S/C26H33N3O4/c1-26(2,3)33-25(32)27-13-14-29-22(16-28(4)5)23(19-9-7-6-8-10-19)21-15-18(17-30)11-12-20(21)24(29)31/h6-12,15,30H,13-14,16-17H2,1-5H3,(H,27,32). The van der Waals surface area contributed by atoms with Gasteiger partial charge in [0.2, 0.25) is 0 Å². The van der Waals surface area contributed by atoms with Gasteiger partial charge in [0.15, 0.2) is 0 Å².